The van der Waals surface area contributed by atoms with Gasteiger partial charge in [-0.1, -0.05) is 22.0 Å². The number of hydrogen-bond acceptors (Lipinski definition) is 4. The number of anilines is 1. The molecule has 0 saturated carbocycles. The maximum atomic E-state index is 5.84. The molecule has 0 aliphatic rings. The normalized spacial score (nSPS) is 10.2. The van der Waals surface area contributed by atoms with Gasteiger partial charge in [0.1, 0.15) is 5.75 Å². The lowest BCUT2D eigenvalue weighted by atomic mass is 10.2. The molecule has 1 aromatic heterocycles. The van der Waals surface area contributed by atoms with E-state index < -0.39 is 0 Å². The third-order valence-corrected chi connectivity index (χ3v) is 3.00. The van der Waals surface area contributed by atoms with Crippen molar-refractivity contribution >= 4 is 21.9 Å². The summed E-state index contributed by atoms with van der Waals surface area (Å²) in [7, 11) is 1.78. The fraction of sp³-hybridized carbons (Fsp3) is 0.231. The minimum atomic E-state index is 0.545. The van der Waals surface area contributed by atoms with Crippen LogP contribution in [0.15, 0.2) is 28.9 Å². The predicted octanol–water partition coefficient (Wildman–Crippen LogP) is 3.69. The van der Waals surface area contributed by atoms with Crippen LogP contribution in [0.1, 0.15) is 11.1 Å². The first-order valence-electron chi connectivity index (χ1n) is 5.55. The summed E-state index contributed by atoms with van der Waals surface area (Å²) in [6, 6.07) is 5.90. The monoisotopic (exact) mass is 307 g/mol. The first-order chi connectivity index (χ1) is 8.60. The minimum absolute atomic E-state index is 0.545. The molecule has 0 bridgehead atoms. The third-order valence-electron chi connectivity index (χ3n) is 2.51. The van der Waals surface area contributed by atoms with Crippen molar-refractivity contribution in [1.82, 2.24) is 9.97 Å². The molecule has 2 aromatic rings. The molecular formula is C13H14BrN3O. The molecular weight excluding hydrogens is 294 g/mol. The maximum Gasteiger partial charge on any atom is 0.226 e. The van der Waals surface area contributed by atoms with Crippen molar-refractivity contribution in [2.24, 2.45) is 0 Å². The molecule has 5 heteroatoms. The van der Waals surface area contributed by atoms with Crippen LogP contribution in [0.3, 0.4) is 0 Å². The number of rotatable bonds is 3. The Labute approximate surface area is 115 Å². The molecule has 0 aliphatic heterocycles. The molecule has 4 nitrogen and oxygen atoms in total. The van der Waals surface area contributed by atoms with E-state index in [9.17, 15) is 0 Å². The molecule has 0 radical (unpaired) electrons. The zero-order valence-electron chi connectivity index (χ0n) is 10.5. The van der Waals surface area contributed by atoms with Crippen LogP contribution in [0.4, 0.5) is 5.95 Å². The summed E-state index contributed by atoms with van der Waals surface area (Å²) in [6.07, 6.45) is 1.74. The van der Waals surface area contributed by atoms with Crippen molar-refractivity contribution in [3.63, 3.8) is 0 Å². The van der Waals surface area contributed by atoms with E-state index in [4.69, 9.17) is 4.74 Å². The van der Waals surface area contributed by atoms with Gasteiger partial charge in [0.25, 0.3) is 0 Å². The van der Waals surface area contributed by atoms with Crippen LogP contribution in [0.5, 0.6) is 11.6 Å². The molecule has 1 heterocycles. The number of nitrogens with zero attached hydrogens (tertiary/aromatic N) is 2. The Hall–Kier alpha value is -1.62. The van der Waals surface area contributed by atoms with Crippen LogP contribution < -0.4 is 10.1 Å². The van der Waals surface area contributed by atoms with E-state index >= 15 is 0 Å². The van der Waals surface area contributed by atoms with Crippen LogP contribution in [0, 0.1) is 13.8 Å². The number of halogens is 1. The molecule has 0 aliphatic carbocycles. The third kappa shape index (κ3) is 2.79. The Morgan fingerprint density at radius 3 is 2.72 bits per heavy atom. The van der Waals surface area contributed by atoms with Crippen LogP contribution in [-0.2, 0) is 0 Å². The predicted molar refractivity (Wildman–Crippen MR) is 75.3 cm³/mol. The van der Waals surface area contributed by atoms with Crippen LogP contribution in [0.2, 0.25) is 0 Å². The highest BCUT2D eigenvalue weighted by molar-refractivity contribution is 9.10. The molecule has 1 aromatic carbocycles. The van der Waals surface area contributed by atoms with E-state index in [-0.39, 0.29) is 0 Å². The largest absolute Gasteiger partial charge is 0.438 e. The Balaban J connectivity index is 2.36. The zero-order valence-corrected chi connectivity index (χ0v) is 12.1. The average Bonchev–Trinajstić information content (AvgIpc) is 2.36. The molecule has 0 spiro atoms. The standard InChI is InChI=1S/C13H14BrN3O/c1-8-4-5-10(14)6-11(8)18-12-9(2)7-16-13(15-3)17-12/h4-7H,1-3H3,(H,15,16,17). The fourth-order valence-corrected chi connectivity index (χ4v) is 1.78. The Morgan fingerprint density at radius 2 is 2.00 bits per heavy atom. The van der Waals surface area contributed by atoms with Crippen molar-refractivity contribution in [2.75, 3.05) is 12.4 Å². The van der Waals surface area contributed by atoms with Crippen LogP contribution in [0.25, 0.3) is 0 Å². The number of aromatic nitrogens is 2. The van der Waals surface area contributed by atoms with Gasteiger partial charge in [-0.2, -0.15) is 4.98 Å². The van der Waals surface area contributed by atoms with Gasteiger partial charge in [0.05, 0.1) is 0 Å². The maximum absolute atomic E-state index is 5.84. The molecule has 0 atom stereocenters. The van der Waals surface area contributed by atoms with E-state index in [0.29, 0.717) is 11.8 Å². The minimum Gasteiger partial charge on any atom is -0.438 e. The van der Waals surface area contributed by atoms with Gasteiger partial charge in [-0.05, 0) is 31.5 Å². The molecule has 0 unspecified atom stereocenters. The summed E-state index contributed by atoms with van der Waals surface area (Å²) >= 11 is 3.43. The highest BCUT2D eigenvalue weighted by Crippen LogP contribution is 2.28. The van der Waals surface area contributed by atoms with E-state index in [0.717, 1.165) is 21.3 Å². The second-order valence-electron chi connectivity index (χ2n) is 3.94. The molecule has 94 valence electrons. The van der Waals surface area contributed by atoms with Gasteiger partial charge < -0.3 is 10.1 Å². The number of nitrogens with one attached hydrogen (secondary N) is 1. The number of hydrogen-bond donors (Lipinski definition) is 1. The van der Waals surface area contributed by atoms with Crippen molar-refractivity contribution < 1.29 is 4.74 Å². The number of ether oxygens (including phenoxy) is 1. The molecule has 0 saturated heterocycles. The summed E-state index contributed by atoms with van der Waals surface area (Å²) in [5.74, 6) is 1.90. The van der Waals surface area contributed by atoms with Crippen molar-refractivity contribution in [3.05, 3.63) is 40.0 Å². The summed E-state index contributed by atoms with van der Waals surface area (Å²) in [5, 5.41) is 2.89. The highest BCUT2D eigenvalue weighted by Gasteiger charge is 2.08. The molecule has 2 rings (SSSR count). The van der Waals surface area contributed by atoms with Gasteiger partial charge in [-0.3, -0.25) is 0 Å². The van der Waals surface area contributed by atoms with Gasteiger partial charge >= 0.3 is 0 Å². The van der Waals surface area contributed by atoms with Crippen molar-refractivity contribution in [2.45, 2.75) is 13.8 Å². The van der Waals surface area contributed by atoms with Crippen LogP contribution in [-0.4, -0.2) is 17.0 Å². The quantitative estimate of drug-likeness (QED) is 0.939. The SMILES string of the molecule is CNc1ncc(C)c(Oc2cc(Br)ccc2C)n1. The fourth-order valence-electron chi connectivity index (χ4n) is 1.44. The molecule has 0 fully saturated rings. The summed E-state index contributed by atoms with van der Waals surface area (Å²) < 4.78 is 6.82. The van der Waals surface area contributed by atoms with E-state index in [2.05, 4.69) is 31.2 Å². The lowest BCUT2D eigenvalue weighted by molar-refractivity contribution is 0.454. The second kappa shape index (κ2) is 5.35. The summed E-state index contributed by atoms with van der Waals surface area (Å²) in [5.41, 5.74) is 1.95. The first kappa shape index (κ1) is 12.8. The van der Waals surface area contributed by atoms with Crippen molar-refractivity contribution in [1.29, 1.82) is 0 Å². The lowest BCUT2D eigenvalue weighted by Gasteiger charge is -2.11. The summed E-state index contributed by atoms with van der Waals surface area (Å²) in [4.78, 5) is 8.42. The number of benzene rings is 1. The Bertz CT molecular complexity index is 572. The molecule has 0 amide bonds. The summed E-state index contributed by atoms with van der Waals surface area (Å²) in [6.45, 7) is 3.92. The topological polar surface area (TPSA) is 47.0 Å². The smallest absolute Gasteiger partial charge is 0.226 e. The second-order valence-corrected chi connectivity index (χ2v) is 4.86. The molecule has 18 heavy (non-hydrogen) atoms. The Morgan fingerprint density at radius 1 is 1.22 bits per heavy atom. The highest BCUT2D eigenvalue weighted by atomic mass is 79.9. The van der Waals surface area contributed by atoms with Gasteiger partial charge in [0, 0.05) is 23.3 Å². The van der Waals surface area contributed by atoms with E-state index in [1.54, 1.807) is 13.2 Å². The zero-order chi connectivity index (χ0) is 13.1. The average molecular weight is 308 g/mol. The molecule has 1 N–H and O–H groups in total. The Kier molecular flexibility index (Phi) is 3.81. The van der Waals surface area contributed by atoms with Gasteiger partial charge in [-0.25, -0.2) is 4.98 Å². The number of aryl methyl sites for hydroxylation is 2. The lowest BCUT2D eigenvalue weighted by Crippen LogP contribution is -2.00. The van der Waals surface area contributed by atoms with Gasteiger partial charge in [0.2, 0.25) is 11.8 Å². The van der Waals surface area contributed by atoms with Gasteiger partial charge in [0.15, 0.2) is 0 Å². The van der Waals surface area contributed by atoms with Gasteiger partial charge in [-0.15, -0.1) is 0 Å². The van der Waals surface area contributed by atoms with E-state index in [1.165, 1.54) is 0 Å². The van der Waals surface area contributed by atoms with Crippen molar-refractivity contribution in [3.8, 4) is 11.6 Å². The van der Waals surface area contributed by atoms with Crippen LogP contribution >= 0.6 is 15.9 Å². The van der Waals surface area contributed by atoms with E-state index in [1.807, 2.05) is 32.0 Å². The first-order valence-corrected chi connectivity index (χ1v) is 6.35.